The van der Waals surface area contributed by atoms with Gasteiger partial charge < -0.3 is 5.11 Å². The fourth-order valence-corrected chi connectivity index (χ4v) is 2.43. The van der Waals surface area contributed by atoms with Crippen LogP contribution in [0.15, 0.2) is 12.3 Å². The first-order valence-corrected chi connectivity index (χ1v) is 7.84. The van der Waals surface area contributed by atoms with Gasteiger partial charge in [0.1, 0.15) is 0 Å². The zero-order valence-corrected chi connectivity index (χ0v) is 13.0. The van der Waals surface area contributed by atoms with Crippen molar-refractivity contribution >= 4 is 0 Å². The number of aliphatic hydroxyl groups is 1. The predicted octanol–water partition coefficient (Wildman–Crippen LogP) is 3.97. The molecule has 0 aromatic carbocycles. The van der Waals surface area contributed by atoms with E-state index >= 15 is 0 Å². The molecule has 0 aliphatic rings. The molecule has 0 fully saturated rings. The summed E-state index contributed by atoms with van der Waals surface area (Å²) in [5.74, 6) is 0.411. The van der Waals surface area contributed by atoms with Crippen molar-refractivity contribution in [2.24, 2.45) is 5.92 Å². The Morgan fingerprint density at radius 1 is 1.26 bits per heavy atom. The number of hydrogen-bond acceptors (Lipinski definition) is 2. The quantitative estimate of drug-likeness (QED) is 0.734. The molecule has 1 rings (SSSR count). The number of hydrogen-bond donors (Lipinski definition) is 1. The van der Waals surface area contributed by atoms with Gasteiger partial charge >= 0.3 is 0 Å². The lowest BCUT2D eigenvalue weighted by Gasteiger charge is -2.20. The van der Waals surface area contributed by atoms with E-state index in [1.54, 1.807) is 0 Å². The van der Waals surface area contributed by atoms with Gasteiger partial charge in [-0.05, 0) is 31.7 Å². The first kappa shape index (κ1) is 16.2. The predicted molar refractivity (Wildman–Crippen MR) is 80.2 cm³/mol. The molecule has 0 radical (unpaired) electrons. The van der Waals surface area contributed by atoms with E-state index in [-0.39, 0.29) is 6.10 Å². The Kier molecular flexibility index (Phi) is 7.14. The lowest BCUT2D eigenvalue weighted by molar-refractivity contribution is 0.0976. The summed E-state index contributed by atoms with van der Waals surface area (Å²) in [4.78, 5) is 0. The van der Waals surface area contributed by atoms with Crippen LogP contribution >= 0.6 is 0 Å². The second-order valence-corrected chi connectivity index (χ2v) is 5.63. The summed E-state index contributed by atoms with van der Waals surface area (Å²) in [5, 5.41) is 14.9. The molecular formula is C16H30N2O. The third kappa shape index (κ3) is 4.98. The van der Waals surface area contributed by atoms with E-state index in [0.29, 0.717) is 18.4 Å². The van der Waals surface area contributed by atoms with Crippen LogP contribution in [0.1, 0.15) is 71.5 Å². The molecule has 1 aromatic heterocycles. The third-order valence-electron chi connectivity index (χ3n) is 4.12. The fourth-order valence-electron chi connectivity index (χ4n) is 2.43. The fraction of sp³-hybridized carbons (Fsp3) is 0.812. The number of aromatic nitrogens is 2. The van der Waals surface area contributed by atoms with Crippen molar-refractivity contribution in [3.63, 3.8) is 0 Å². The van der Waals surface area contributed by atoms with E-state index in [2.05, 4.69) is 32.8 Å². The summed E-state index contributed by atoms with van der Waals surface area (Å²) in [6, 6.07) is 2.48. The van der Waals surface area contributed by atoms with Crippen molar-refractivity contribution in [1.29, 1.82) is 0 Å². The van der Waals surface area contributed by atoms with Gasteiger partial charge in [-0.15, -0.1) is 0 Å². The van der Waals surface area contributed by atoms with E-state index in [0.717, 1.165) is 25.0 Å². The Balaban J connectivity index is 2.55. The first-order valence-electron chi connectivity index (χ1n) is 7.84. The smallest absolute Gasteiger partial charge is 0.0650 e. The van der Waals surface area contributed by atoms with Crippen LogP contribution in [0.2, 0.25) is 0 Å². The Morgan fingerprint density at radius 3 is 2.58 bits per heavy atom. The van der Waals surface area contributed by atoms with Gasteiger partial charge in [0, 0.05) is 18.7 Å². The molecule has 0 amide bonds. The van der Waals surface area contributed by atoms with E-state index in [1.807, 2.05) is 16.9 Å². The molecular weight excluding hydrogens is 236 g/mol. The third-order valence-corrected chi connectivity index (χ3v) is 4.12. The molecule has 0 aliphatic carbocycles. The normalized spacial score (nSPS) is 16.3. The zero-order chi connectivity index (χ0) is 14.3. The van der Waals surface area contributed by atoms with Crippen molar-refractivity contribution < 1.29 is 5.11 Å². The van der Waals surface area contributed by atoms with Gasteiger partial charge in [0.25, 0.3) is 0 Å². The van der Waals surface area contributed by atoms with Crippen LogP contribution in [0.5, 0.6) is 0 Å². The molecule has 0 saturated heterocycles. The largest absolute Gasteiger partial charge is 0.392 e. The standard InChI is InChI=1S/C16H30N2O/c1-5-8-9-14(7-3)16(19)12-15-10-11-18(17-15)13(4)6-2/h10-11,13-14,16,19H,5-9,12H2,1-4H3. The Morgan fingerprint density at radius 2 is 2.00 bits per heavy atom. The van der Waals surface area contributed by atoms with E-state index in [4.69, 9.17) is 0 Å². The van der Waals surface area contributed by atoms with E-state index < -0.39 is 0 Å². The second kappa shape index (κ2) is 8.36. The number of rotatable bonds is 9. The first-order chi connectivity index (χ1) is 9.12. The van der Waals surface area contributed by atoms with Crippen LogP contribution < -0.4 is 0 Å². The highest BCUT2D eigenvalue weighted by Crippen LogP contribution is 2.20. The minimum absolute atomic E-state index is 0.253. The Labute approximate surface area is 118 Å². The van der Waals surface area contributed by atoms with Gasteiger partial charge in [-0.3, -0.25) is 4.68 Å². The monoisotopic (exact) mass is 266 g/mol. The molecule has 0 saturated carbocycles. The highest BCUT2D eigenvalue weighted by Gasteiger charge is 2.18. The summed E-state index contributed by atoms with van der Waals surface area (Å²) in [6.45, 7) is 8.70. The van der Waals surface area contributed by atoms with Crippen LogP contribution in [0.25, 0.3) is 0 Å². The maximum Gasteiger partial charge on any atom is 0.0650 e. The Hall–Kier alpha value is -0.830. The molecule has 1 N–H and O–H groups in total. The van der Waals surface area contributed by atoms with Crippen molar-refractivity contribution in [2.75, 3.05) is 0 Å². The van der Waals surface area contributed by atoms with Crippen molar-refractivity contribution in [1.82, 2.24) is 9.78 Å². The van der Waals surface area contributed by atoms with Crippen molar-refractivity contribution in [3.05, 3.63) is 18.0 Å². The van der Waals surface area contributed by atoms with Crippen LogP contribution in [0, 0.1) is 5.92 Å². The lowest BCUT2D eigenvalue weighted by Crippen LogP contribution is -2.23. The molecule has 1 heterocycles. The average Bonchev–Trinajstić information content (AvgIpc) is 2.87. The van der Waals surface area contributed by atoms with Crippen LogP contribution in [0.3, 0.4) is 0 Å². The molecule has 3 heteroatoms. The van der Waals surface area contributed by atoms with Crippen LogP contribution in [-0.4, -0.2) is 21.0 Å². The molecule has 110 valence electrons. The van der Waals surface area contributed by atoms with E-state index in [9.17, 15) is 5.11 Å². The summed E-state index contributed by atoms with van der Waals surface area (Å²) < 4.78 is 2.01. The molecule has 0 bridgehead atoms. The Bertz CT molecular complexity index is 348. The zero-order valence-electron chi connectivity index (χ0n) is 13.0. The van der Waals surface area contributed by atoms with Gasteiger partial charge in [-0.25, -0.2) is 0 Å². The van der Waals surface area contributed by atoms with Gasteiger partial charge in [0.15, 0.2) is 0 Å². The molecule has 0 aliphatic heterocycles. The van der Waals surface area contributed by atoms with Gasteiger partial charge in [0.05, 0.1) is 11.8 Å². The second-order valence-electron chi connectivity index (χ2n) is 5.63. The van der Waals surface area contributed by atoms with E-state index in [1.165, 1.54) is 12.8 Å². The SMILES string of the molecule is CCCCC(CC)C(O)Cc1ccn(C(C)CC)n1. The minimum atomic E-state index is -0.253. The summed E-state index contributed by atoms with van der Waals surface area (Å²) >= 11 is 0. The van der Waals surface area contributed by atoms with Crippen molar-refractivity contribution in [2.45, 2.75) is 78.4 Å². The average molecular weight is 266 g/mol. The minimum Gasteiger partial charge on any atom is -0.392 e. The van der Waals surface area contributed by atoms with Crippen molar-refractivity contribution in [3.8, 4) is 0 Å². The summed E-state index contributed by atoms with van der Waals surface area (Å²) in [5.41, 5.74) is 1.02. The lowest BCUT2D eigenvalue weighted by atomic mass is 9.91. The number of unbranched alkanes of at least 4 members (excludes halogenated alkanes) is 1. The highest BCUT2D eigenvalue weighted by atomic mass is 16.3. The molecule has 0 spiro atoms. The van der Waals surface area contributed by atoms with Crippen LogP contribution in [0.4, 0.5) is 0 Å². The maximum atomic E-state index is 10.3. The summed E-state index contributed by atoms with van der Waals surface area (Å²) in [7, 11) is 0. The van der Waals surface area contributed by atoms with Crippen LogP contribution in [-0.2, 0) is 6.42 Å². The number of aliphatic hydroxyl groups excluding tert-OH is 1. The highest BCUT2D eigenvalue weighted by molar-refractivity contribution is 5.01. The number of nitrogens with zero attached hydrogens (tertiary/aromatic N) is 2. The molecule has 1 aromatic rings. The van der Waals surface area contributed by atoms with Gasteiger partial charge in [-0.1, -0.05) is 40.0 Å². The topological polar surface area (TPSA) is 38.0 Å². The van der Waals surface area contributed by atoms with Gasteiger partial charge in [-0.2, -0.15) is 5.10 Å². The maximum absolute atomic E-state index is 10.3. The molecule has 3 unspecified atom stereocenters. The molecule has 3 atom stereocenters. The van der Waals surface area contributed by atoms with Gasteiger partial charge in [0.2, 0.25) is 0 Å². The molecule has 3 nitrogen and oxygen atoms in total. The summed E-state index contributed by atoms with van der Waals surface area (Å²) in [6.07, 6.45) is 8.12. The molecule has 19 heavy (non-hydrogen) atoms.